The molecule has 0 aliphatic carbocycles. The van der Waals surface area contributed by atoms with Crippen molar-refractivity contribution >= 4 is 41.6 Å². The molecule has 3 rings (SSSR count). The maximum absolute atomic E-state index is 12.2. The molecule has 2 aromatic carbocycles. The van der Waals surface area contributed by atoms with Crippen LogP contribution in [-0.2, 0) is 19.1 Å². The Morgan fingerprint density at radius 3 is 2.20 bits per heavy atom. The van der Waals surface area contributed by atoms with E-state index < -0.39 is 24.5 Å². The summed E-state index contributed by atoms with van der Waals surface area (Å²) >= 11 is 1.36. The van der Waals surface area contributed by atoms with E-state index in [1.807, 2.05) is 12.1 Å². The molecular weight excluding hydrogens is 406 g/mol. The second kappa shape index (κ2) is 9.89. The van der Waals surface area contributed by atoms with Gasteiger partial charge in [0.2, 0.25) is 0 Å². The van der Waals surface area contributed by atoms with Crippen LogP contribution in [0.2, 0.25) is 0 Å². The molecule has 1 aliphatic heterocycles. The molecule has 0 saturated heterocycles. The van der Waals surface area contributed by atoms with Gasteiger partial charge in [-0.05, 0) is 42.8 Å². The fourth-order valence-corrected chi connectivity index (χ4v) is 3.41. The number of rotatable bonds is 8. The predicted molar refractivity (Wildman–Crippen MR) is 111 cm³/mol. The third-order valence-corrected chi connectivity index (χ3v) is 5.15. The van der Waals surface area contributed by atoms with Gasteiger partial charge in [0.25, 0.3) is 11.8 Å². The highest BCUT2D eigenvalue weighted by molar-refractivity contribution is 8.00. The van der Waals surface area contributed by atoms with E-state index in [-0.39, 0.29) is 11.7 Å². The number of thioether (sulfide) groups is 1. The van der Waals surface area contributed by atoms with Crippen molar-refractivity contribution in [3.63, 3.8) is 0 Å². The summed E-state index contributed by atoms with van der Waals surface area (Å²) in [6.07, 6.45) is 2.78. The molecule has 0 saturated carbocycles. The van der Waals surface area contributed by atoms with E-state index in [1.54, 1.807) is 49.4 Å². The number of fused-ring (bicyclic) bond motifs is 1. The molecule has 154 valence electrons. The topological polar surface area (TPSA) is 90.0 Å². The molecule has 0 fully saturated rings. The number of hydrogen-bond acceptors (Lipinski definition) is 7. The summed E-state index contributed by atoms with van der Waals surface area (Å²) in [5, 5.41) is 0. The van der Waals surface area contributed by atoms with Crippen molar-refractivity contribution in [2.24, 2.45) is 0 Å². The van der Waals surface area contributed by atoms with Gasteiger partial charge in [-0.25, -0.2) is 9.69 Å². The monoisotopic (exact) mass is 425 g/mol. The third-order valence-electron chi connectivity index (χ3n) is 4.17. The van der Waals surface area contributed by atoms with Gasteiger partial charge in [0.05, 0.1) is 23.5 Å². The number of hydrogen-bond donors (Lipinski definition) is 0. The first kappa shape index (κ1) is 21.3. The second-order valence-corrected chi connectivity index (χ2v) is 7.22. The molecule has 0 N–H and O–H groups in total. The molecule has 0 radical (unpaired) electrons. The molecule has 30 heavy (non-hydrogen) atoms. The Balaban J connectivity index is 1.49. The molecule has 0 aromatic heterocycles. The SMILES string of the molecule is CCOC(=O)CSc1ccc(/C=C/C(=O)OCN2C(=O)c3ccccc3C2=O)cc1. The molecule has 1 aliphatic rings. The number of esters is 2. The van der Waals surface area contributed by atoms with Crippen molar-refractivity contribution in [3.05, 3.63) is 71.3 Å². The fraction of sp³-hybridized carbons (Fsp3) is 0.182. The van der Waals surface area contributed by atoms with E-state index in [4.69, 9.17) is 9.47 Å². The van der Waals surface area contributed by atoms with Gasteiger partial charge in [-0.1, -0.05) is 24.3 Å². The number of ether oxygens (including phenoxy) is 2. The number of carbonyl (C=O) groups is 4. The predicted octanol–water partition coefficient (Wildman–Crippen LogP) is 3.15. The smallest absolute Gasteiger partial charge is 0.332 e. The highest BCUT2D eigenvalue weighted by Crippen LogP contribution is 2.22. The first-order valence-electron chi connectivity index (χ1n) is 9.18. The van der Waals surface area contributed by atoms with Crippen LogP contribution in [0.5, 0.6) is 0 Å². The highest BCUT2D eigenvalue weighted by atomic mass is 32.2. The minimum Gasteiger partial charge on any atom is -0.465 e. The molecular formula is C22H19NO6S. The standard InChI is InChI=1S/C22H19NO6S/c1-2-28-20(25)13-30-16-10-7-15(8-11-16)9-12-19(24)29-14-23-21(26)17-5-3-4-6-18(17)22(23)27/h3-12H,2,13-14H2,1H3/b12-9+. The van der Waals surface area contributed by atoms with Gasteiger partial charge in [-0.3, -0.25) is 14.4 Å². The van der Waals surface area contributed by atoms with Crippen molar-refractivity contribution in [1.82, 2.24) is 4.90 Å². The normalized spacial score (nSPS) is 12.9. The Morgan fingerprint density at radius 2 is 1.60 bits per heavy atom. The summed E-state index contributed by atoms with van der Waals surface area (Å²) in [5.41, 5.74) is 1.36. The lowest BCUT2D eigenvalue weighted by Gasteiger charge is -2.12. The zero-order valence-electron chi connectivity index (χ0n) is 16.2. The number of benzene rings is 2. The third kappa shape index (κ3) is 5.15. The van der Waals surface area contributed by atoms with Crippen LogP contribution < -0.4 is 0 Å². The first-order chi connectivity index (χ1) is 14.5. The minimum atomic E-state index is -0.674. The summed E-state index contributed by atoms with van der Waals surface area (Å²) in [7, 11) is 0. The van der Waals surface area contributed by atoms with Crippen LogP contribution in [0.4, 0.5) is 0 Å². The molecule has 8 heteroatoms. The number of imide groups is 1. The molecule has 1 heterocycles. The Bertz CT molecular complexity index is 964. The second-order valence-electron chi connectivity index (χ2n) is 6.17. The average molecular weight is 425 g/mol. The van der Waals surface area contributed by atoms with E-state index in [9.17, 15) is 19.2 Å². The van der Waals surface area contributed by atoms with Crippen LogP contribution in [0.1, 0.15) is 33.2 Å². The van der Waals surface area contributed by atoms with Crippen LogP contribution in [-0.4, -0.2) is 47.7 Å². The van der Waals surface area contributed by atoms with E-state index in [0.717, 1.165) is 15.4 Å². The van der Waals surface area contributed by atoms with Crippen LogP contribution >= 0.6 is 11.8 Å². The molecule has 0 spiro atoms. The Hall–Kier alpha value is -3.39. The highest BCUT2D eigenvalue weighted by Gasteiger charge is 2.35. The van der Waals surface area contributed by atoms with Crippen molar-refractivity contribution < 1.29 is 28.7 Å². The zero-order valence-corrected chi connectivity index (χ0v) is 17.0. The Labute approximate surface area is 177 Å². The van der Waals surface area contributed by atoms with Gasteiger partial charge in [0.15, 0.2) is 6.73 Å². The summed E-state index contributed by atoms with van der Waals surface area (Å²) in [4.78, 5) is 49.6. The lowest BCUT2D eigenvalue weighted by atomic mass is 10.1. The van der Waals surface area contributed by atoms with Crippen molar-refractivity contribution in [3.8, 4) is 0 Å². The Morgan fingerprint density at radius 1 is 0.967 bits per heavy atom. The molecule has 2 amide bonds. The number of nitrogens with zero attached hydrogens (tertiary/aromatic N) is 1. The molecule has 0 bridgehead atoms. The quantitative estimate of drug-likeness (QED) is 0.278. The van der Waals surface area contributed by atoms with Crippen LogP contribution in [0.15, 0.2) is 59.5 Å². The maximum Gasteiger partial charge on any atom is 0.332 e. The molecule has 2 aromatic rings. The fourth-order valence-electron chi connectivity index (χ4n) is 2.72. The number of carbonyl (C=O) groups excluding carboxylic acids is 4. The maximum atomic E-state index is 12.2. The van der Waals surface area contributed by atoms with Gasteiger partial charge in [0, 0.05) is 11.0 Å². The largest absolute Gasteiger partial charge is 0.465 e. The average Bonchev–Trinajstić information content (AvgIpc) is 3.00. The van der Waals surface area contributed by atoms with Gasteiger partial charge in [0.1, 0.15) is 0 Å². The molecule has 0 atom stereocenters. The van der Waals surface area contributed by atoms with Crippen LogP contribution in [0.25, 0.3) is 6.08 Å². The van der Waals surface area contributed by atoms with E-state index in [2.05, 4.69) is 0 Å². The lowest BCUT2D eigenvalue weighted by Crippen LogP contribution is -2.32. The lowest BCUT2D eigenvalue weighted by molar-refractivity contribution is -0.141. The zero-order chi connectivity index (χ0) is 21.5. The summed E-state index contributed by atoms with van der Waals surface area (Å²) in [6, 6.07) is 13.7. The summed E-state index contributed by atoms with van der Waals surface area (Å²) in [6.45, 7) is 1.67. The van der Waals surface area contributed by atoms with Crippen molar-refractivity contribution in [2.45, 2.75) is 11.8 Å². The van der Waals surface area contributed by atoms with Crippen molar-refractivity contribution in [2.75, 3.05) is 19.1 Å². The Kier molecular flexibility index (Phi) is 7.03. The molecule has 0 unspecified atom stereocenters. The van der Waals surface area contributed by atoms with Gasteiger partial charge in [-0.15, -0.1) is 11.8 Å². The van der Waals surface area contributed by atoms with E-state index >= 15 is 0 Å². The summed E-state index contributed by atoms with van der Waals surface area (Å²) < 4.78 is 9.91. The van der Waals surface area contributed by atoms with Gasteiger partial charge in [-0.2, -0.15) is 0 Å². The van der Waals surface area contributed by atoms with Crippen LogP contribution in [0, 0.1) is 0 Å². The van der Waals surface area contributed by atoms with Crippen molar-refractivity contribution in [1.29, 1.82) is 0 Å². The van der Waals surface area contributed by atoms with Crippen LogP contribution in [0.3, 0.4) is 0 Å². The van der Waals surface area contributed by atoms with Gasteiger partial charge < -0.3 is 9.47 Å². The summed E-state index contributed by atoms with van der Waals surface area (Å²) in [5.74, 6) is -1.68. The van der Waals surface area contributed by atoms with E-state index in [0.29, 0.717) is 17.7 Å². The first-order valence-corrected chi connectivity index (χ1v) is 10.2. The molecule has 7 nitrogen and oxygen atoms in total. The minimum absolute atomic E-state index is 0.229. The van der Waals surface area contributed by atoms with E-state index in [1.165, 1.54) is 17.8 Å². The number of amides is 2. The van der Waals surface area contributed by atoms with Gasteiger partial charge >= 0.3 is 11.9 Å².